The monoisotopic (exact) mass is 437 g/mol. The summed E-state index contributed by atoms with van der Waals surface area (Å²) in [4.78, 5) is 25.1. The molecule has 0 aromatic heterocycles. The third kappa shape index (κ3) is 3.45. The largest absolute Gasteiger partial charge is 0.493 e. The van der Waals surface area contributed by atoms with Gasteiger partial charge in [0.1, 0.15) is 0 Å². The summed E-state index contributed by atoms with van der Waals surface area (Å²) in [5.41, 5.74) is 2.13. The number of carbonyl (C=O) groups is 2. The van der Waals surface area contributed by atoms with Crippen LogP contribution in [0.5, 0.6) is 17.2 Å². The zero-order valence-electron chi connectivity index (χ0n) is 18.4. The van der Waals surface area contributed by atoms with Crippen molar-refractivity contribution in [3.63, 3.8) is 0 Å². The van der Waals surface area contributed by atoms with Crippen molar-refractivity contribution in [3.8, 4) is 28.4 Å². The molecule has 1 aliphatic heterocycles. The molecule has 2 saturated carbocycles. The molecule has 0 spiro atoms. The fourth-order valence-electron chi connectivity index (χ4n) is 4.36. The molecule has 1 heterocycles. The lowest BCUT2D eigenvalue weighted by molar-refractivity contribution is -0.156. The molecule has 168 valence electrons. The van der Waals surface area contributed by atoms with Crippen LogP contribution in [0.2, 0.25) is 0 Å². The molecule has 1 amide bonds. The second kappa shape index (κ2) is 8.04. The number of esters is 1. The molecule has 2 fully saturated rings. The van der Waals surface area contributed by atoms with E-state index in [4.69, 9.17) is 18.9 Å². The Labute approximate surface area is 187 Å². The van der Waals surface area contributed by atoms with Gasteiger partial charge in [0.05, 0.1) is 20.8 Å². The standard InChI is InChI=1S/C25H27NO6/c1-29-20-10-9-17(16-7-4-8-18-19(16)13-26-23(18)27)21(22(20)30-2)32-25(11-12-25)24(28)31-14-15-5-3-6-15/h4,7-10,15H,3,5-6,11-14H2,1-2H3,(H,26,27). The lowest BCUT2D eigenvalue weighted by Gasteiger charge is -2.27. The zero-order valence-corrected chi connectivity index (χ0v) is 18.4. The van der Waals surface area contributed by atoms with E-state index in [0.717, 1.165) is 29.5 Å². The quantitative estimate of drug-likeness (QED) is 0.632. The molecule has 0 bridgehead atoms. The number of amides is 1. The normalized spacial score (nSPS) is 18.2. The van der Waals surface area contributed by atoms with Gasteiger partial charge in [-0.15, -0.1) is 0 Å². The van der Waals surface area contributed by atoms with Crippen molar-refractivity contribution >= 4 is 11.9 Å². The Balaban J connectivity index is 1.53. The van der Waals surface area contributed by atoms with Crippen molar-refractivity contribution in [1.29, 1.82) is 0 Å². The summed E-state index contributed by atoms with van der Waals surface area (Å²) in [7, 11) is 3.10. The van der Waals surface area contributed by atoms with Crippen LogP contribution in [0.1, 0.15) is 48.0 Å². The third-order valence-corrected chi connectivity index (χ3v) is 6.69. The second-order valence-electron chi connectivity index (χ2n) is 8.68. The van der Waals surface area contributed by atoms with Crippen molar-refractivity contribution in [1.82, 2.24) is 5.32 Å². The number of benzene rings is 2. The van der Waals surface area contributed by atoms with Gasteiger partial charge < -0.3 is 24.3 Å². The van der Waals surface area contributed by atoms with E-state index in [1.807, 2.05) is 24.3 Å². The van der Waals surface area contributed by atoms with E-state index in [1.165, 1.54) is 6.42 Å². The summed E-state index contributed by atoms with van der Waals surface area (Å²) >= 11 is 0. The lowest BCUT2D eigenvalue weighted by atomic mass is 9.86. The van der Waals surface area contributed by atoms with Crippen LogP contribution < -0.4 is 19.5 Å². The van der Waals surface area contributed by atoms with E-state index in [2.05, 4.69) is 5.32 Å². The summed E-state index contributed by atoms with van der Waals surface area (Å²) in [6.07, 6.45) is 4.60. The Morgan fingerprint density at radius 2 is 1.81 bits per heavy atom. The van der Waals surface area contributed by atoms with Crippen LogP contribution >= 0.6 is 0 Å². The fourth-order valence-corrected chi connectivity index (χ4v) is 4.36. The SMILES string of the molecule is COc1ccc(-c2cccc3c2CNC3=O)c(OC2(C(=O)OCC3CCC3)CC2)c1OC. The predicted octanol–water partition coefficient (Wildman–Crippen LogP) is 3.87. The predicted molar refractivity (Wildman–Crippen MR) is 117 cm³/mol. The highest BCUT2D eigenvalue weighted by molar-refractivity contribution is 6.01. The number of ether oxygens (including phenoxy) is 4. The molecule has 2 aromatic carbocycles. The number of rotatable bonds is 8. The van der Waals surface area contributed by atoms with E-state index < -0.39 is 5.60 Å². The van der Waals surface area contributed by atoms with Crippen LogP contribution in [0.4, 0.5) is 0 Å². The van der Waals surface area contributed by atoms with Crippen LogP contribution in [0, 0.1) is 5.92 Å². The minimum absolute atomic E-state index is 0.0944. The molecular weight excluding hydrogens is 410 g/mol. The lowest BCUT2D eigenvalue weighted by Crippen LogP contribution is -2.34. The molecule has 7 heteroatoms. The smallest absolute Gasteiger partial charge is 0.350 e. The first-order valence-electron chi connectivity index (χ1n) is 11.1. The Bertz CT molecular complexity index is 1070. The van der Waals surface area contributed by atoms with Crippen LogP contribution in [0.3, 0.4) is 0 Å². The van der Waals surface area contributed by atoms with Gasteiger partial charge in [0, 0.05) is 30.5 Å². The van der Waals surface area contributed by atoms with Crippen LogP contribution in [-0.2, 0) is 16.1 Å². The summed E-state index contributed by atoms with van der Waals surface area (Å²) in [6.45, 7) is 0.888. The Morgan fingerprint density at radius 3 is 2.47 bits per heavy atom. The summed E-state index contributed by atoms with van der Waals surface area (Å²) in [6, 6.07) is 9.29. The Kier molecular flexibility index (Phi) is 5.19. The Morgan fingerprint density at radius 1 is 1.03 bits per heavy atom. The van der Waals surface area contributed by atoms with E-state index >= 15 is 0 Å². The third-order valence-electron chi connectivity index (χ3n) is 6.69. The summed E-state index contributed by atoms with van der Waals surface area (Å²) < 4.78 is 23.2. The van der Waals surface area contributed by atoms with Gasteiger partial charge in [-0.25, -0.2) is 4.79 Å². The van der Waals surface area contributed by atoms with Crippen molar-refractivity contribution in [2.45, 2.75) is 44.2 Å². The number of nitrogens with one attached hydrogen (secondary N) is 1. The van der Waals surface area contributed by atoms with Crippen LogP contribution in [0.25, 0.3) is 11.1 Å². The summed E-state index contributed by atoms with van der Waals surface area (Å²) in [5, 5.41) is 2.87. The molecule has 0 radical (unpaired) electrons. The molecule has 5 rings (SSSR count). The number of hydrogen-bond acceptors (Lipinski definition) is 6. The van der Waals surface area contributed by atoms with Gasteiger partial charge in [-0.2, -0.15) is 0 Å². The van der Waals surface area contributed by atoms with Crippen molar-refractivity contribution in [2.24, 2.45) is 5.92 Å². The molecule has 2 aromatic rings. The zero-order chi connectivity index (χ0) is 22.3. The average Bonchev–Trinajstić information content (AvgIpc) is 3.47. The first-order valence-corrected chi connectivity index (χ1v) is 11.1. The average molecular weight is 437 g/mol. The molecule has 2 aliphatic carbocycles. The molecule has 0 saturated heterocycles. The van der Waals surface area contributed by atoms with Gasteiger partial charge in [0.15, 0.2) is 11.5 Å². The van der Waals surface area contributed by atoms with Gasteiger partial charge in [0.25, 0.3) is 5.91 Å². The highest BCUT2D eigenvalue weighted by Crippen LogP contribution is 2.51. The Hall–Kier alpha value is -3.22. The molecule has 3 aliphatic rings. The van der Waals surface area contributed by atoms with Crippen LogP contribution in [-0.4, -0.2) is 38.3 Å². The minimum Gasteiger partial charge on any atom is -0.493 e. The van der Waals surface area contributed by atoms with Crippen molar-refractivity contribution in [2.75, 3.05) is 20.8 Å². The number of fused-ring (bicyclic) bond motifs is 1. The molecule has 32 heavy (non-hydrogen) atoms. The topological polar surface area (TPSA) is 83.1 Å². The maximum absolute atomic E-state index is 12.9. The van der Waals surface area contributed by atoms with E-state index in [0.29, 0.717) is 54.7 Å². The summed E-state index contributed by atoms with van der Waals surface area (Å²) in [5.74, 6) is 1.40. The maximum Gasteiger partial charge on any atom is 0.350 e. The van der Waals surface area contributed by atoms with Crippen LogP contribution in [0.15, 0.2) is 30.3 Å². The van der Waals surface area contributed by atoms with E-state index in [9.17, 15) is 9.59 Å². The number of methoxy groups -OCH3 is 2. The fraction of sp³-hybridized carbons (Fsp3) is 0.440. The highest BCUT2D eigenvalue weighted by atomic mass is 16.6. The van der Waals surface area contributed by atoms with Crippen molar-refractivity contribution < 1.29 is 28.5 Å². The molecular formula is C25H27NO6. The van der Waals surface area contributed by atoms with Gasteiger partial charge in [-0.05, 0) is 48.1 Å². The van der Waals surface area contributed by atoms with Gasteiger partial charge >= 0.3 is 5.97 Å². The highest BCUT2D eigenvalue weighted by Gasteiger charge is 2.55. The molecule has 0 atom stereocenters. The number of hydrogen-bond donors (Lipinski definition) is 1. The van der Waals surface area contributed by atoms with E-state index in [1.54, 1.807) is 20.3 Å². The molecule has 7 nitrogen and oxygen atoms in total. The van der Waals surface area contributed by atoms with Crippen molar-refractivity contribution in [3.05, 3.63) is 41.5 Å². The maximum atomic E-state index is 12.9. The minimum atomic E-state index is -1.01. The molecule has 0 unspecified atom stereocenters. The second-order valence-corrected chi connectivity index (χ2v) is 8.68. The van der Waals surface area contributed by atoms with E-state index in [-0.39, 0.29) is 11.9 Å². The first-order chi connectivity index (χ1) is 15.6. The number of carbonyl (C=O) groups excluding carboxylic acids is 2. The molecule has 1 N–H and O–H groups in total. The first kappa shape index (κ1) is 20.7. The van der Waals surface area contributed by atoms with Gasteiger partial charge in [-0.3, -0.25) is 4.79 Å². The van der Waals surface area contributed by atoms with Gasteiger partial charge in [0.2, 0.25) is 11.4 Å². The van der Waals surface area contributed by atoms with Gasteiger partial charge in [-0.1, -0.05) is 18.6 Å².